The summed E-state index contributed by atoms with van der Waals surface area (Å²) in [6.07, 6.45) is 5.32. The SMILES string of the molecule is NCCC1CCCN(CC2COC2)CC1. The van der Waals surface area contributed by atoms with Gasteiger partial charge in [0, 0.05) is 12.5 Å². The number of ether oxygens (including phenoxy) is 1. The van der Waals surface area contributed by atoms with Gasteiger partial charge in [-0.25, -0.2) is 0 Å². The molecule has 2 aliphatic rings. The maximum atomic E-state index is 5.63. The zero-order valence-electron chi connectivity index (χ0n) is 9.66. The molecule has 0 aromatic carbocycles. The molecule has 0 spiro atoms. The molecule has 88 valence electrons. The first-order valence-corrected chi connectivity index (χ1v) is 6.38. The summed E-state index contributed by atoms with van der Waals surface area (Å²) in [6, 6.07) is 0. The summed E-state index contributed by atoms with van der Waals surface area (Å²) >= 11 is 0. The third kappa shape index (κ3) is 3.44. The lowest BCUT2D eigenvalue weighted by Crippen LogP contribution is -2.39. The second-order valence-electron chi connectivity index (χ2n) is 5.08. The van der Waals surface area contributed by atoms with Gasteiger partial charge >= 0.3 is 0 Å². The van der Waals surface area contributed by atoms with Gasteiger partial charge < -0.3 is 15.4 Å². The van der Waals surface area contributed by atoms with Crippen molar-refractivity contribution in [2.45, 2.75) is 25.7 Å². The molecular formula is C12H24N2O. The average Bonchev–Trinajstić information content (AvgIpc) is 2.38. The van der Waals surface area contributed by atoms with Gasteiger partial charge in [-0.05, 0) is 51.2 Å². The van der Waals surface area contributed by atoms with E-state index in [-0.39, 0.29) is 0 Å². The maximum absolute atomic E-state index is 5.63. The standard InChI is InChI=1S/C12H24N2O/c13-5-3-11-2-1-6-14(7-4-11)8-12-9-15-10-12/h11-12H,1-10,13H2. The molecule has 0 saturated carbocycles. The fourth-order valence-electron chi connectivity index (χ4n) is 2.69. The van der Waals surface area contributed by atoms with Crippen LogP contribution in [0.2, 0.25) is 0 Å². The molecule has 2 N–H and O–H groups in total. The minimum absolute atomic E-state index is 0.816. The molecule has 0 aliphatic carbocycles. The highest BCUT2D eigenvalue weighted by atomic mass is 16.5. The summed E-state index contributed by atoms with van der Waals surface area (Å²) in [5.41, 5.74) is 5.63. The fourth-order valence-corrected chi connectivity index (χ4v) is 2.69. The van der Waals surface area contributed by atoms with Gasteiger partial charge in [-0.3, -0.25) is 0 Å². The van der Waals surface area contributed by atoms with Gasteiger partial charge in [-0.15, -0.1) is 0 Å². The van der Waals surface area contributed by atoms with Gasteiger partial charge in [-0.2, -0.15) is 0 Å². The number of hydrogen-bond donors (Lipinski definition) is 1. The highest BCUT2D eigenvalue weighted by Crippen LogP contribution is 2.21. The highest BCUT2D eigenvalue weighted by molar-refractivity contribution is 4.75. The molecule has 15 heavy (non-hydrogen) atoms. The summed E-state index contributed by atoms with van der Waals surface area (Å²) < 4.78 is 5.22. The Hall–Kier alpha value is -0.120. The fraction of sp³-hybridized carbons (Fsp3) is 1.00. The second kappa shape index (κ2) is 5.83. The minimum Gasteiger partial charge on any atom is -0.381 e. The molecule has 0 amide bonds. The smallest absolute Gasteiger partial charge is 0.0528 e. The lowest BCUT2D eigenvalue weighted by Gasteiger charge is -2.31. The number of hydrogen-bond acceptors (Lipinski definition) is 3. The van der Waals surface area contributed by atoms with Gasteiger partial charge in [0.15, 0.2) is 0 Å². The van der Waals surface area contributed by atoms with Crippen LogP contribution in [-0.4, -0.2) is 44.3 Å². The van der Waals surface area contributed by atoms with Crippen molar-refractivity contribution in [2.75, 3.05) is 39.4 Å². The maximum Gasteiger partial charge on any atom is 0.0528 e. The van der Waals surface area contributed by atoms with Crippen molar-refractivity contribution in [3.8, 4) is 0 Å². The molecule has 2 rings (SSSR count). The summed E-state index contributed by atoms with van der Waals surface area (Å²) in [5.74, 6) is 1.70. The number of rotatable bonds is 4. The van der Waals surface area contributed by atoms with E-state index in [4.69, 9.17) is 10.5 Å². The van der Waals surface area contributed by atoms with Gasteiger partial charge in [-0.1, -0.05) is 0 Å². The van der Waals surface area contributed by atoms with E-state index in [1.807, 2.05) is 0 Å². The Balaban J connectivity index is 1.68. The predicted molar refractivity (Wildman–Crippen MR) is 61.8 cm³/mol. The van der Waals surface area contributed by atoms with Crippen molar-refractivity contribution >= 4 is 0 Å². The zero-order chi connectivity index (χ0) is 10.5. The second-order valence-corrected chi connectivity index (χ2v) is 5.08. The monoisotopic (exact) mass is 212 g/mol. The Labute approximate surface area is 93.0 Å². The van der Waals surface area contributed by atoms with Crippen LogP contribution in [0, 0.1) is 11.8 Å². The largest absolute Gasteiger partial charge is 0.381 e. The van der Waals surface area contributed by atoms with Crippen molar-refractivity contribution in [1.82, 2.24) is 4.90 Å². The third-order valence-electron chi connectivity index (χ3n) is 3.74. The topological polar surface area (TPSA) is 38.5 Å². The normalized spacial score (nSPS) is 29.8. The first-order chi connectivity index (χ1) is 7.38. The van der Waals surface area contributed by atoms with Crippen LogP contribution in [0.3, 0.4) is 0 Å². The van der Waals surface area contributed by atoms with Crippen molar-refractivity contribution in [3.63, 3.8) is 0 Å². The number of nitrogens with zero attached hydrogens (tertiary/aromatic N) is 1. The molecule has 2 aliphatic heterocycles. The predicted octanol–water partition coefficient (Wildman–Crippen LogP) is 1.08. The van der Waals surface area contributed by atoms with E-state index in [0.717, 1.165) is 31.6 Å². The molecule has 3 nitrogen and oxygen atoms in total. The molecule has 1 unspecified atom stereocenters. The van der Waals surface area contributed by atoms with Gasteiger partial charge in [0.05, 0.1) is 13.2 Å². The summed E-state index contributed by atoms with van der Waals surface area (Å²) in [5, 5.41) is 0. The zero-order valence-corrected chi connectivity index (χ0v) is 9.66. The molecule has 3 heteroatoms. The van der Waals surface area contributed by atoms with E-state index in [0.29, 0.717) is 0 Å². The van der Waals surface area contributed by atoms with Crippen LogP contribution < -0.4 is 5.73 Å². The van der Waals surface area contributed by atoms with Crippen LogP contribution in [0.5, 0.6) is 0 Å². The molecule has 2 heterocycles. The van der Waals surface area contributed by atoms with Crippen LogP contribution in [-0.2, 0) is 4.74 Å². The lowest BCUT2D eigenvalue weighted by molar-refractivity contribution is -0.0461. The van der Waals surface area contributed by atoms with Crippen molar-refractivity contribution in [2.24, 2.45) is 17.6 Å². The van der Waals surface area contributed by atoms with E-state index < -0.39 is 0 Å². The molecule has 1 atom stereocenters. The van der Waals surface area contributed by atoms with Crippen LogP contribution in [0.4, 0.5) is 0 Å². The summed E-state index contributed by atoms with van der Waals surface area (Å²) in [7, 11) is 0. The lowest BCUT2D eigenvalue weighted by atomic mass is 9.97. The first kappa shape index (κ1) is 11.4. The van der Waals surface area contributed by atoms with E-state index in [9.17, 15) is 0 Å². The number of likely N-dealkylation sites (tertiary alicyclic amines) is 1. The molecule has 0 aromatic rings. The highest BCUT2D eigenvalue weighted by Gasteiger charge is 2.23. The summed E-state index contributed by atoms with van der Waals surface area (Å²) in [6.45, 7) is 6.67. The molecule has 2 fully saturated rings. The Morgan fingerprint density at radius 2 is 2.00 bits per heavy atom. The molecule has 0 bridgehead atoms. The average molecular weight is 212 g/mol. The van der Waals surface area contributed by atoms with Crippen LogP contribution >= 0.6 is 0 Å². The Morgan fingerprint density at radius 1 is 1.13 bits per heavy atom. The molecule has 0 radical (unpaired) electrons. The van der Waals surface area contributed by atoms with E-state index in [1.165, 1.54) is 45.3 Å². The van der Waals surface area contributed by atoms with Gasteiger partial charge in [0.25, 0.3) is 0 Å². The van der Waals surface area contributed by atoms with Crippen LogP contribution in [0.15, 0.2) is 0 Å². The van der Waals surface area contributed by atoms with Crippen LogP contribution in [0.1, 0.15) is 25.7 Å². The molecule has 0 aromatic heterocycles. The van der Waals surface area contributed by atoms with E-state index in [1.54, 1.807) is 0 Å². The van der Waals surface area contributed by atoms with Crippen LogP contribution in [0.25, 0.3) is 0 Å². The Bertz CT molecular complexity index is 182. The summed E-state index contributed by atoms with van der Waals surface area (Å²) in [4.78, 5) is 2.63. The molecule has 2 saturated heterocycles. The van der Waals surface area contributed by atoms with Gasteiger partial charge in [0.1, 0.15) is 0 Å². The molecular weight excluding hydrogens is 188 g/mol. The quantitative estimate of drug-likeness (QED) is 0.758. The number of nitrogens with two attached hydrogens (primary N) is 1. The van der Waals surface area contributed by atoms with E-state index in [2.05, 4.69) is 4.90 Å². The van der Waals surface area contributed by atoms with Crippen molar-refractivity contribution in [1.29, 1.82) is 0 Å². The third-order valence-corrected chi connectivity index (χ3v) is 3.74. The Morgan fingerprint density at radius 3 is 2.67 bits per heavy atom. The Kier molecular flexibility index (Phi) is 4.42. The minimum atomic E-state index is 0.816. The van der Waals surface area contributed by atoms with E-state index >= 15 is 0 Å². The first-order valence-electron chi connectivity index (χ1n) is 6.38. The van der Waals surface area contributed by atoms with Crippen molar-refractivity contribution in [3.05, 3.63) is 0 Å². The van der Waals surface area contributed by atoms with Crippen molar-refractivity contribution < 1.29 is 4.74 Å². The van der Waals surface area contributed by atoms with Gasteiger partial charge in [0.2, 0.25) is 0 Å².